The lowest BCUT2D eigenvalue weighted by molar-refractivity contribution is 0.270. The molecule has 0 saturated carbocycles. The van der Waals surface area contributed by atoms with Gasteiger partial charge in [-0.05, 0) is 68.1 Å². The molecular weight excluding hydrogens is 440 g/mol. The quantitative estimate of drug-likeness (QED) is 0.475. The molecule has 0 unspecified atom stereocenters. The van der Waals surface area contributed by atoms with Crippen molar-refractivity contribution in [3.05, 3.63) is 65.7 Å². The van der Waals surface area contributed by atoms with E-state index in [1.54, 1.807) is 0 Å². The number of likely N-dealkylation sites (N-methyl/N-ethyl adjacent to an activating group) is 2. The number of hydrogen-bond acceptors (Lipinski definition) is 5. The third kappa shape index (κ3) is 6.44. The third-order valence-electron chi connectivity index (χ3n) is 6.48. The molecule has 1 fully saturated rings. The molecule has 2 aromatic carbocycles. The fourth-order valence-electron chi connectivity index (χ4n) is 4.42. The van der Waals surface area contributed by atoms with Crippen LogP contribution in [-0.4, -0.2) is 72.8 Å². The summed E-state index contributed by atoms with van der Waals surface area (Å²) in [4.78, 5) is 12.1. The summed E-state index contributed by atoms with van der Waals surface area (Å²) in [6.45, 7) is 12.4. The summed E-state index contributed by atoms with van der Waals surface area (Å²) in [7, 11) is 2.13. The Morgan fingerprint density at radius 2 is 1.82 bits per heavy atom. The third-order valence-corrected chi connectivity index (χ3v) is 6.72. The fourth-order valence-corrected chi connectivity index (χ4v) is 4.64. The number of fused-ring (bicyclic) bond motifs is 1. The molecule has 4 rings (SSSR count). The van der Waals surface area contributed by atoms with Crippen LogP contribution in [0.3, 0.4) is 0 Å². The first-order chi connectivity index (χ1) is 16.5. The molecule has 0 bridgehead atoms. The first-order valence-corrected chi connectivity index (χ1v) is 12.6. The van der Waals surface area contributed by atoms with Gasteiger partial charge in [0, 0.05) is 56.9 Å². The van der Waals surface area contributed by atoms with Crippen LogP contribution in [-0.2, 0) is 6.54 Å². The monoisotopic (exact) mass is 476 g/mol. The second-order valence-corrected chi connectivity index (χ2v) is 9.46. The van der Waals surface area contributed by atoms with Gasteiger partial charge < -0.3 is 25.3 Å². The minimum Gasteiger partial charge on any atom is -0.361 e. The lowest BCUT2D eigenvalue weighted by Crippen LogP contribution is -2.46. The molecule has 1 aliphatic rings. The SMILES string of the molecule is CCN1CCN(c2cc(C)c3cc(NC(=S)NCCN(C)Cc4ccccc4)ccc3n2)CC1. The Kier molecular flexibility index (Phi) is 8.32. The zero-order chi connectivity index (χ0) is 23.9. The molecule has 180 valence electrons. The number of rotatable bonds is 8. The molecule has 0 amide bonds. The number of nitrogens with one attached hydrogen (secondary N) is 2. The van der Waals surface area contributed by atoms with Crippen LogP contribution in [0, 0.1) is 6.92 Å². The zero-order valence-electron chi connectivity index (χ0n) is 20.6. The maximum absolute atomic E-state index is 5.53. The van der Waals surface area contributed by atoms with E-state index in [0.29, 0.717) is 5.11 Å². The van der Waals surface area contributed by atoms with Crippen molar-refractivity contribution in [2.24, 2.45) is 0 Å². The Morgan fingerprint density at radius 1 is 1.06 bits per heavy atom. The van der Waals surface area contributed by atoms with E-state index in [-0.39, 0.29) is 0 Å². The number of nitrogens with zero attached hydrogens (tertiary/aromatic N) is 4. The van der Waals surface area contributed by atoms with E-state index < -0.39 is 0 Å². The summed E-state index contributed by atoms with van der Waals surface area (Å²) in [6, 6.07) is 19.0. The Hall–Kier alpha value is -2.74. The molecule has 0 aliphatic carbocycles. The smallest absolute Gasteiger partial charge is 0.170 e. The highest BCUT2D eigenvalue weighted by molar-refractivity contribution is 7.80. The van der Waals surface area contributed by atoms with E-state index in [4.69, 9.17) is 17.2 Å². The van der Waals surface area contributed by atoms with Gasteiger partial charge in [0.1, 0.15) is 5.82 Å². The van der Waals surface area contributed by atoms with Crippen molar-refractivity contribution in [1.29, 1.82) is 0 Å². The van der Waals surface area contributed by atoms with Crippen LogP contribution in [0.4, 0.5) is 11.5 Å². The highest BCUT2D eigenvalue weighted by atomic mass is 32.1. The highest BCUT2D eigenvalue weighted by Crippen LogP contribution is 2.26. The lowest BCUT2D eigenvalue weighted by Gasteiger charge is -2.35. The van der Waals surface area contributed by atoms with Crippen LogP contribution in [0.25, 0.3) is 10.9 Å². The second-order valence-electron chi connectivity index (χ2n) is 9.05. The van der Waals surface area contributed by atoms with Crippen molar-refractivity contribution >= 4 is 39.7 Å². The number of aromatic nitrogens is 1. The number of hydrogen-bond donors (Lipinski definition) is 2. The Labute approximate surface area is 209 Å². The molecule has 0 atom stereocenters. The van der Waals surface area contributed by atoms with Gasteiger partial charge in [-0.15, -0.1) is 0 Å². The largest absolute Gasteiger partial charge is 0.361 e. The molecule has 1 saturated heterocycles. The lowest BCUT2D eigenvalue weighted by atomic mass is 10.1. The summed E-state index contributed by atoms with van der Waals surface area (Å²) in [5.74, 6) is 1.08. The van der Waals surface area contributed by atoms with Crippen LogP contribution in [0.15, 0.2) is 54.6 Å². The van der Waals surface area contributed by atoms with Gasteiger partial charge in [-0.1, -0.05) is 37.3 Å². The van der Waals surface area contributed by atoms with E-state index in [0.717, 1.165) is 74.8 Å². The van der Waals surface area contributed by atoms with Gasteiger partial charge in [-0.25, -0.2) is 4.98 Å². The summed E-state index contributed by atoms with van der Waals surface area (Å²) in [5, 5.41) is 8.46. The van der Waals surface area contributed by atoms with Crippen LogP contribution in [0.5, 0.6) is 0 Å². The molecule has 2 N–H and O–H groups in total. The van der Waals surface area contributed by atoms with E-state index in [2.05, 4.69) is 94.8 Å². The normalized spacial score (nSPS) is 14.5. The van der Waals surface area contributed by atoms with E-state index in [1.807, 2.05) is 6.07 Å². The number of thiocarbonyl (C=S) groups is 1. The topological polar surface area (TPSA) is 46.7 Å². The molecule has 6 nitrogen and oxygen atoms in total. The molecule has 1 aliphatic heterocycles. The summed E-state index contributed by atoms with van der Waals surface area (Å²) >= 11 is 5.53. The average Bonchev–Trinajstić information content (AvgIpc) is 2.85. The van der Waals surface area contributed by atoms with Gasteiger partial charge >= 0.3 is 0 Å². The van der Waals surface area contributed by atoms with Gasteiger partial charge in [0.2, 0.25) is 0 Å². The van der Waals surface area contributed by atoms with Crippen LogP contribution < -0.4 is 15.5 Å². The Balaban J connectivity index is 1.31. The van der Waals surface area contributed by atoms with Gasteiger partial charge in [-0.2, -0.15) is 0 Å². The Morgan fingerprint density at radius 3 is 2.56 bits per heavy atom. The number of anilines is 2. The minimum absolute atomic E-state index is 0.642. The van der Waals surface area contributed by atoms with Crippen LogP contribution in [0.1, 0.15) is 18.1 Å². The van der Waals surface area contributed by atoms with Crippen LogP contribution in [0.2, 0.25) is 0 Å². The summed E-state index contributed by atoms with van der Waals surface area (Å²) in [5.41, 5.74) is 4.57. The highest BCUT2D eigenvalue weighted by Gasteiger charge is 2.17. The van der Waals surface area contributed by atoms with E-state index in [9.17, 15) is 0 Å². The first kappa shape index (κ1) is 24.4. The van der Waals surface area contributed by atoms with Gasteiger partial charge in [0.25, 0.3) is 0 Å². The Bertz CT molecular complexity index is 1090. The predicted octanol–water partition coefficient (Wildman–Crippen LogP) is 4.10. The standard InChI is InChI=1S/C27H36N6S/c1-4-32-14-16-33(17-15-32)26-18-21(2)24-19-23(10-11-25(24)30-26)29-27(34)28-12-13-31(3)20-22-8-6-5-7-9-22/h5-11,18-19H,4,12-17,20H2,1-3H3,(H2,28,29,34). The van der Waals surface area contributed by atoms with E-state index >= 15 is 0 Å². The molecule has 1 aromatic heterocycles. The molecular formula is C27H36N6S. The minimum atomic E-state index is 0.642. The van der Waals surface area contributed by atoms with Crippen molar-refractivity contribution in [1.82, 2.24) is 20.1 Å². The maximum Gasteiger partial charge on any atom is 0.170 e. The predicted molar refractivity (Wildman–Crippen MR) is 148 cm³/mol. The van der Waals surface area contributed by atoms with Gasteiger partial charge in [0.15, 0.2) is 5.11 Å². The second kappa shape index (κ2) is 11.6. The van der Waals surface area contributed by atoms with Gasteiger partial charge in [-0.3, -0.25) is 0 Å². The maximum atomic E-state index is 5.53. The zero-order valence-corrected chi connectivity index (χ0v) is 21.4. The van der Waals surface area contributed by atoms with Crippen molar-refractivity contribution in [2.45, 2.75) is 20.4 Å². The van der Waals surface area contributed by atoms with Crippen molar-refractivity contribution in [3.8, 4) is 0 Å². The molecule has 34 heavy (non-hydrogen) atoms. The molecule has 2 heterocycles. The number of benzene rings is 2. The van der Waals surface area contributed by atoms with Crippen molar-refractivity contribution in [2.75, 3.05) is 63.1 Å². The molecule has 0 spiro atoms. The summed E-state index contributed by atoms with van der Waals surface area (Å²) in [6.07, 6.45) is 0. The first-order valence-electron chi connectivity index (χ1n) is 12.2. The average molecular weight is 477 g/mol. The van der Waals surface area contributed by atoms with Gasteiger partial charge in [0.05, 0.1) is 5.52 Å². The van der Waals surface area contributed by atoms with Crippen molar-refractivity contribution < 1.29 is 0 Å². The van der Waals surface area contributed by atoms with Crippen LogP contribution >= 0.6 is 12.2 Å². The number of aryl methyl sites for hydroxylation is 1. The summed E-state index contributed by atoms with van der Waals surface area (Å²) < 4.78 is 0. The van der Waals surface area contributed by atoms with Crippen molar-refractivity contribution in [3.63, 3.8) is 0 Å². The number of pyridine rings is 1. The van der Waals surface area contributed by atoms with E-state index in [1.165, 1.54) is 11.1 Å². The number of piperazine rings is 1. The fraction of sp³-hybridized carbons (Fsp3) is 0.407. The molecule has 0 radical (unpaired) electrons. The molecule has 3 aromatic rings. The molecule has 7 heteroatoms.